The first kappa shape index (κ1) is 61.4. The predicted molar refractivity (Wildman–Crippen MR) is 338 cm³/mol. The summed E-state index contributed by atoms with van der Waals surface area (Å²) in [6, 6.07) is 28.5. The lowest BCUT2D eigenvalue weighted by Crippen LogP contribution is -2.55. The molecule has 6 aromatic rings. The molecule has 1 unspecified atom stereocenters. The van der Waals surface area contributed by atoms with Gasteiger partial charge in [-0.15, -0.1) is 11.3 Å². The van der Waals surface area contributed by atoms with E-state index in [1.807, 2.05) is 30.0 Å². The molecule has 11 rings (SSSR count). The number of thiazole rings is 1. The number of nitrogens with one attached hydrogen (secondary N) is 2. The lowest BCUT2D eigenvalue weighted by Gasteiger charge is -2.42. The Hall–Kier alpha value is -7.25. The quantitative estimate of drug-likeness (QED) is 0.0408. The number of carbonyl (C=O) groups excluding carboxylic acids is 3. The number of carbonyl (C=O) groups is 3. The first-order valence-electron chi connectivity index (χ1n) is 31.2. The topological polar surface area (TPSA) is 200 Å². The fraction of sp³-hybridized carbons (Fsp3) is 0.507. The molecular formula is C67H83N11O8S. The first-order chi connectivity index (χ1) is 42.6. The number of aromatic nitrogens is 3. The number of ether oxygens (including phenoxy) is 5. The number of hydrogen-bond acceptors (Lipinski definition) is 17. The fourth-order valence-electron chi connectivity index (χ4n) is 13.4. The van der Waals surface area contributed by atoms with Crippen LogP contribution in [0, 0.1) is 17.2 Å². The van der Waals surface area contributed by atoms with Crippen molar-refractivity contribution in [2.24, 2.45) is 5.92 Å². The van der Waals surface area contributed by atoms with Crippen molar-refractivity contribution in [2.75, 3.05) is 109 Å². The highest BCUT2D eigenvalue weighted by Gasteiger charge is 2.41. The molecule has 2 N–H and O–H groups in total. The molecule has 4 fully saturated rings. The minimum Gasteiger partial charge on any atom is -0.491 e. The largest absolute Gasteiger partial charge is 0.491 e. The Balaban J connectivity index is 0.629. The summed E-state index contributed by atoms with van der Waals surface area (Å²) in [5, 5.41) is 23.3. The summed E-state index contributed by atoms with van der Waals surface area (Å²) >= 11 is 1.60. The molecule has 6 heterocycles. The van der Waals surface area contributed by atoms with Crippen LogP contribution in [0.3, 0.4) is 0 Å². The summed E-state index contributed by atoms with van der Waals surface area (Å²) in [7, 11) is 3.85. The predicted octanol–water partition coefficient (Wildman–Crippen LogP) is 8.50. The molecule has 6 atom stereocenters. The molecular weight excluding hydrogens is 1120 g/mol. The number of likely N-dealkylation sites (N-methyl/N-ethyl adjacent to an activating group) is 2. The van der Waals surface area contributed by atoms with Crippen LogP contribution in [-0.4, -0.2) is 177 Å². The van der Waals surface area contributed by atoms with E-state index in [1.165, 1.54) is 23.3 Å². The molecule has 20 heteroatoms. The van der Waals surface area contributed by atoms with Gasteiger partial charge in [0, 0.05) is 78.3 Å². The van der Waals surface area contributed by atoms with Crippen molar-refractivity contribution in [1.82, 2.24) is 40.3 Å². The Morgan fingerprint density at radius 2 is 1.56 bits per heavy atom. The maximum atomic E-state index is 14.4. The van der Waals surface area contributed by atoms with E-state index in [0.29, 0.717) is 85.0 Å². The minimum atomic E-state index is -0.535. The van der Waals surface area contributed by atoms with Crippen LogP contribution in [-0.2, 0) is 41.6 Å². The Labute approximate surface area is 514 Å². The Kier molecular flexibility index (Phi) is 20.6. The monoisotopic (exact) mass is 1200 g/mol. The van der Waals surface area contributed by atoms with Crippen molar-refractivity contribution in [2.45, 2.75) is 114 Å². The summed E-state index contributed by atoms with van der Waals surface area (Å²) in [5.41, 5.74) is 5.04. The van der Waals surface area contributed by atoms with E-state index in [1.54, 1.807) is 23.3 Å². The van der Waals surface area contributed by atoms with Gasteiger partial charge in [0.25, 0.3) is 0 Å². The second-order valence-corrected chi connectivity index (χ2v) is 24.5. The number of rotatable bonds is 25. The molecule has 19 nitrogen and oxygen atoms in total. The number of nitriles is 1. The first-order valence-corrected chi connectivity index (χ1v) is 32.1. The molecule has 0 radical (unpaired) electrons. The molecule has 3 amide bonds. The summed E-state index contributed by atoms with van der Waals surface area (Å²) in [6.45, 7) is 12.8. The zero-order valence-electron chi connectivity index (χ0n) is 50.6. The highest BCUT2D eigenvalue weighted by molar-refractivity contribution is 7.10. The Morgan fingerprint density at radius 1 is 0.793 bits per heavy atom. The molecule has 2 aromatic heterocycles. The SMILES string of the molecule is C=CC(=O)N1CCN(c2nc(OC[C@@H]3C[C@@H](OCCOCCOCCOc4ccc(-c5csc([C@@H]6CCCN6C(=O)C(NC(=O)[C@H](C)NC)C6CCCCC6)n5)c5ccccc45)CN3C)nc3c2CCN(c2cccc4ccccc24)C3)C[C@@H]1CC#N. The Morgan fingerprint density at radius 3 is 2.37 bits per heavy atom. The third kappa shape index (κ3) is 14.4. The molecule has 0 spiro atoms. The van der Waals surface area contributed by atoms with Gasteiger partial charge in [0.15, 0.2) is 0 Å². The van der Waals surface area contributed by atoms with Crippen LogP contribution in [0.4, 0.5) is 11.5 Å². The number of nitrogens with zero attached hydrogens (tertiary/aromatic N) is 9. The van der Waals surface area contributed by atoms with Gasteiger partial charge in [0.05, 0.1) is 87.7 Å². The van der Waals surface area contributed by atoms with Crippen LogP contribution in [0.15, 0.2) is 96.9 Å². The van der Waals surface area contributed by atoms with Crippen molar-refractivity contribution in [1.29, 1.82) is 5.26 Å². The van der Waals surface area contributed by atoms with Crippen molar-refractivity contribution in [3.8, 4) is 29.1 Å². The number of anilines is 2. The van der Waals surface area contributed by atoms with Crippen molar-refractivity contribution >= 4 is 62.1 Å². The van der Waals surface area contributed by atoms with E-state index in [-0.39, 0.29) is 60.3 Å². The van der Waals surface area contributed by atoms with Crippen molar-refractivity contribution < 1.29 is 38.1 Å². The van der Waals surface area contributed by atoms with Crippen LogP contribution in [0.2, 0.25) is 0 Å². The van der Waals surface area contributed by atoms with Crippen LogP contribution in [0.5, 0.6) is 11.8 Å². The lowest BCUT2D eigenvalue weighted by molar-refractivity contribution is -0.139. The van der Waals surface area contributed by atoms with Gasteiger partial charge in [-0.25, -0.2) is 4.98 Å². The average Bonchev–Trinajstić information content (AvgIpc) is 1.98. The number of benzene rings is 4. The molecule has 0 bridgehead atoms. The smallest absolute Gasteiger partial charge is 0.318 e. The lowest BCUT2D eigenvalue weighted by atomic mass is 9.83. The molecule has 1 aliphatic carbocycles. The average molecular weight is 1200 g/mol. The van der Waals surface area contributed by atoms with E-state index in [2.05, 4.69) is 111 Å². The van der Waals surface area contributed by atoms with Gasteiger partial charge in [0.2, 0.25) is 17.7 Å². The van der Waals surface area contributed by atoms with Gasteiger partial charge in [-0.1, -0.05) is 86.5 Å². The molecule has 87 heavy (non-hydrogen) atoms. The van der Waals surface area contributed by atoms with E-state index in [4.69, 9.17) is 38.6 Å². The van der Waals surface area contributed by atoms with Gasteiger partial charge in [-0.05, 0) is 101 Å². The number of piperazine rings is 1. The van der Waals surface area contributed by atoms with Crippen LogP contribution in [0.1, 0.15) is 87.0 Å². The number of likely N-dealkylation sites (tertiary alicyclic amines) is 2. The van der Waals surface area contributed by atoms with E-state index in [0.717, 1.165) is 120 Å². The van der Waals surface area contributed by atoms with Crippen LogP contribution < -0.4 is 29.9 Å². The number of fused-ring (bicyclic) bond motifs is 3. The van der Waals surface area contributed by atoms with Gasteiger partial charge in [-0.3, -0.25) is 19.3 Å². The van der Waals surface area contributed by atoms with Crippen molar-refractivity contribution in [3.05, 3.63) is 113 Å². The summed E-state index contributed by atoms with van der Waals surface area (Å²) in [5.74, 6) is 1.42. The van der Waals surface area contributed by atoms with Crippen molar-refractivity contribution in [3.63, 3.8) is 0 Å². The Bertz CT molecular complexity index is 3400. The second kappa shape index (κ2) is 29.2. The molecule has 4 aliphatic heterocycles. The van der Waals surface area contributed by atoms with Gasteiger partial charge in [0.1, 0.15) is 35.8 Å². The highest BCUT2D eigenvalue weighted by Crippen LogP contribution is 2.41. The number of hydrogen-bond donors (Lipinski definition) is 2. The van der Waals surface area contributed by atoms with E-state index < -0.39 is 6.04 Å². The fourth-order valence-corrected chi connectivity index (χ4v) is 14.3. The maximum Gasteiger partial charge on any atom is 0.318 e. The maximum absolute atomic E-state index is 14.4. The number of amides is 3. The van der Waals surface area contributed by atoms with E-state index >= 15 is 0 Å². The van der Waals surface area contributed by atoms with Gasteiger partial charge in [-0.2, -0.15) is 15.2 Å². The molecule has 3 saturated heterocycles. The third-order valence-corrected chi connectivity index (χ3v) is 19.2. The second-order valence-electron chi connectivity index (χ2n) is 23.6. The van der Waals surface area contributed by atoms with Crippen LogP contribution in [0.25, 0.3) is 32.8 Å². The zero-order valence-corrected chi connectivity index (χ0v) is 51.4. The molecule has 460 valence electrons. The molecule has 4 aromatic carbocycles. The normalized spacial score (nSPS) is 20.8. The highest BCUT2D eigenvalue weighted by atomic mass is 32.1. The van der Waals surface area contributed by atoms with E-state index in [9.17, 15) is 19.6 Å². The third-order valence-electron chi connectivity index (χ3n) is 18.2. The van der Waals surface area contributed by atoms with Gasteiger partial charge < -0.3 is 53.9 Å². The standard InChI is InChI=1S/C67H83N11O8S/c1-5-61(79)77-32-31-76(40-48(77)26-28-68)63-55-27-30-75(58-22-13-18-46-15-9-10-19-51(46)58)42-56(55)71-67(73-63)86-43-49-39-50(41-74(49)4)84-37-35-82-33-34-83-36-38-85-60-25-24-53(52-20-11-12-21-54(52)60)57-44-87-65(70-57)59-23-14-29-78(59)66(81)62(47-16-7-6-8-17-47)72-64(80)45(2)69-3/h5,9-13,15,18-22,24-25,44-45,47-50,59,62,69H,1,6-8,14,16-17,23,26-27,29-43H2,2-4H3,(H,72,80)/t45-,48-,49-,50+,59-,62?/m0/s1. The summed E-state index contributed by atoms with van der Waals surface area (Å²) < 4.78 is 31.0. The molecule has 1 saturated carbocycles. The van der Waals surface area contributed by atoms with Gasteiger partial charge >= 0.3 is 6.01 Å². The summed E-state index contributed by atoms with van der Waals surface area (Å²) in [4.78, 5) is 66.3. The molecule has 5 aliphatic rings. The summed E-state index contributed by atoms with van der Waals surface area (Å²) in [6.07, 6.45) is 10.0. The zero-order chi connectivity index (χ0) is 60.2. The minimum absolute atomic E-state index is 0.0132. The van der Waals surface area contributed by atoms with Crippen LogP contribution >= 0.6 is 11.3 Å².